The van der Waals surface area contributed by atoms with Crippen molar-refractivity contribution in [2.45, 2.75) is 39.8 Å². The van der Waals surface area contributed by atoms with Crippen LogP contribution in [0.4, 0.5) is 5.13 Å². The molecule has 0 unspecified atom stereocenters. The van der Waals surface area contributed by atoms with Crippen molar-refractivity contribution >= 4 is 22.4 Å². The number of anilines is 1. The zero-order valence-electron chi connectivity index (χ0n) is 14.5. The SMILES string of the molecule is CCCc1nnc(NC(=O)c2ccc(OCc3nnnn3CC)cc2)s1. The van der Waals surface area contributed by atoms with E-state index in [1.807, 2.05) is 6.92 Å². The molecular formula is C16H19N7O2S. The van der Waals surface area contributed by atoms with Crippen molar-refractivity contribution < 1.29 is 9.53 Å². The number of carbonyl (C=O) groups excluding carboxylic acids is 1. The number of aryl methyl sites for hydroxylation is 2. The van der Waals surface area contributed by atoms with E-state index >= 15 is 0 Å². The maximum Gasteiger partial charge on any atom is 0.257 e. The fourth-order valence-corrected chi connectivity index (χ4v) is 3.05. The number of aromatic nitrogens is 6. The van der Waals surface area contributed by atoms with Crippen molar-refractivity contribution in [2.24, 2.45) is 0 Å². The van der Waals surface area contributed by atoms with E-state index in [2.05, 4.69) is 38.0 Å². The molecule has 0 atom stereocenters. The summed E-state index contributed by atoms with van der Waals surface area (Å²) in [5.74, 6) is 1.05. The molecule has 3 rings (SSSR count). The molecule has 0 radical (unpaired) electrons. The second-order valence-corrected chi connectivity index (χ2v) is 6.49. The van der Waals surface area contributed by atoms with Gasteiger partial charge in [0.05, 0.1) is 0 Å². The molecule has 9 nitrogen and oxygen atoms in total. The zero-order chi connectivity index (χ0) is 18.4. The van der Waals surface area contributed by atoms with Gasteiger partial charge in [0, 0.05) is 18.5 Å². The number of amides is 1. The Balaban J connectivity index is 1.57. The first-order valence-electron chi connectivity index (χ1n) is 8.31. The highest BCUT2D eigenvalue weighted by molar-refractivity contribution is 7.15. The number of hydrogen-bond donors (Lipinski definition) is 1. The molecule has 0 bridgehead atoms. The van der Waals surface area contributed by atoms with Crippen LogP contribution in [0.1, 0.15) is 41.5 Å². The lowest BCUT2D eigenvalue weighted by Crippen LogP contribution is -2.11. The number of carbonyl (C=O) groups is 1. The largest absolute Gasteiger partial charge is 0.486 e. The normalized spacial score (nSPS) is 10.7. The van der Waals surface area contributed by atoms with Crippen LogP contribution in [0.15, 0.2) is 24.3 Å². The van der Waals surface area contributed by atoms with Crippen molar-refractivity contribution in [3.8, 4) is 5.75 Å². The van der Waals surface area contributed by atoms with E-state index in [4.69, 9.17) is 4.74 Å². The molecule has 1 amide bonds. The van der Waals surface area contributed by atoms with Crippen LogP contribution in [0.3, 0.4) is 0 Å². The first-order chi connectivity index (χ1) is 12.7. The first kappa shape index (κ1) is 17.9. The second kappa shape index (κ2) is 8.48. The molecule has 0 aliphatic carbocycles. The smallest absolute Gasteiger partial charge is 0.257 e. The van der Waals surface area contributed by atoms with E-state index in [9.17, 15) is 4.79 Å². The van der Waals surface area contributed by atoms with Crippen molar-refractivity contribution in [1.82, 2.24) is 30.4 Å². The van der Waals surface area contributed by atoms with Gasteiger partial charge in [0.1, 0.15) is 17.4 Å². The Labute approximate surface area is 154 Å². The van der Waals surface area contributed by atoms with Gasteiger partial charge in [0.25, 0.3) is 5.91 Å². The van der Waals surface area contributed by atoms with Crippen molar-refractivity contribution in [1.29, 1.82) is 0 Å². The molecule has 0 aliphatic rings. The van der Waals surface area contributed by atoms with Crippen LogP contribution in [0.25, 0.3) is 0 Å². The standard InChI is InChI=1S/C16H19N7O2S/c1-3-5-14-19-20-16(26-14)17-15(24)11-6-8-12(9-7-11)25-10-13-18-21-22-23(13)4-2/h6-9H,3-5,10H2,1-2H3,(H,17,20,24). The zero-order valence-corrected chi connectivity index (χ0v) is 15.4. The Morgan fingerprint density at radius 2 is 2.00 bits per heavy atom. The van der Waals surface area contributed by atoms with Gasteiger partial charge in [-0.15, -0.1) is 15.3 Å². The molecule has 10 heteroatoms. The predicted molar refractivity (Wildman–Crippen MR) is 96.1 cm³/mol. The summed E-state index contributed by atoms with van der Waals surface area (Å²) in [6.45, 7) is 4.97. The van der Waals surface area contributed by atoms with Gasteiger partial charge in [-0.25, -0.2) is 4.68 Å². The molecular weight excluding hydrogens is 354 g/mol. The molecule has 0 spiro atoms. The fourth-order valence-electron chi connectivity index (χ4n) is 2.21. The molecule has 0 fully saturated rings. The monoisotopic (exact) mass is 373 g/mol. The number of hydrogen-bond acceptors (Lipinski definition) is 8. The third-order valence-electron chi connectivity index (χ3n) is 3.54. The van der Waals surface area contributed by atoms with Gasteiger partial charge in [-0.05, 0) is 48.0 Å². The van der Waals surface area contributed by atoms with Gasteiger partial charge in [-0.1, -0.05) is 18.3 Å². The lowest BCUT2D eigenvalue weighted by molar-refractivity contribution is 0.102. The Morgan fingerprint density at radius 3 is 2.73 bits per heavy atom. The molecule has 0 saturated carbocycles. The van der Waals surface area contributed by atoms with Crippen LogP contribution in [0.2, 0.25) is 0 Å². The number of benzene rings is 1. The van der Waals surface area contributed by atoms with Gasteiger partial charge in [-0.2, -0.15) is 0 Å². The highest BCUT2D eigenvalue weighted by Gasteiger charge is 2.11. The summed E-state index contributed by atoms with van der Waals surface area (Å²) in [5.41, 5.74) is 0.517. The third-order valence-corrected chi connectivity index (χ3v) is 4.44. The number of nitrogens with zero attached hydrogens (tertiary/aromatic N) is 6. The Hall–Kier alpha value is -2.88. The summed E-state index contributed by atoms with van der Waals surface area (Å²) in [6, 6.07) is 6.86. The summed E-state index contributed by atoms with van der Waals surface area (Å²) in [7, 11) is 0. The van der Waals surface area contributed by atoms with Gasteiger partial charge in [-0.3, -0.25) is 10.1 Å². The van der Waals surface area contributed by atoms with Gasteiger partial charge < -0.3 is 4.74 Å². The van der Waals surface area contributed by atoms with Crippen molar-refractivity contribution in [3.05, 3.63) is 40.7 Å². The number of ether oxygens (including phenoxy) is 1. The lowest BCUT2D eigenvalue weighted by atomic mass is 10.2. The van der Waals surface area contributed by atoms with Crippen LogP contribution < -0.4 is 10.1 Å². The fraction of sp³-hybridized carbons (Fsp3) is 0.375. The van der Waals surface area contributed by atoms with Gasteiger partial charge >= 0.3 is 0 Å². The Bertz CT molecular complexity index is 860. The molecule has 1 aromatic carbocycles. The second-order valence-electron chi connectivity index (χ2n) is 5.43. The Kier molecular flexibility index (Phi) is 5.84. The predicted octanol–water partition coefficient (Wildman–Crippen LogP) is 2.33. The summed E-state index contributed by atoms with van der Waals surface area (Å²) in [4.78, 5) is 12.3. The maximum absolute atomic E-state index is 12.3. The van der Waals surface area contributed by atoms with Crippen LogP contribution in [-0.4, -0.2) is 36.3 Å². The highest BCUT2D eigenvalue weighted by Crippen LogP contribution is 2.19. The number of tetrazole rings is 1. The van der Waals surface area contributed by atoms with Crippen LogP contribution in [-0.2, 0) is 19.6 Å². The first-order valence-corrected chi connectivity index (χ1v) is 9.13. The molecule has 2 heterocycles. The average molecular weight is 373 g/mol. The third kappa shape index (κ3) is 4.39. The average Bonchev–Trinajstić information content (AvgIpc) is 3.29. The Morgan fingerprint density at radius 1 is 1.19 bits per heavy atom. The van der Waals surface area contributed by atoms with Gasteiger partial charge in [0.2, 0.25) is 5.13 Å². The van der Waals surface area contributed by atoms with Crippen LogP contribution >= 0.6 is 11.3 Å². The molecule has 0 saturated heterocycles. The summed E-state index contributed by atoms with van der Waals surface area (Å²) in [5, 5.41) is 23.6. The van der Waals surface area contributed by atoms with E-state index in [0.717, 1.165) is 17.8 Å². The molecule has 2 aromatic heterocycles. The van der Waals surface area contributed by atoms with E-state index in [1.165, 1.54) is 11.3 Å². The van der Waals surface area contributed by atoms with Gasteiger partial charge in [0.15, 0.2) is 5.82 Å². The van der Waals surface area contributed by atoms with E-state index in [0.29, 0.717) is 28.8 Å². The van der Waals surface area contributed by atoms with E-state index < -0.39 is 0 Å². The minimum Gasteiger partial charge on any atom is -0.486 e. The minimum atomic E-state index is -0.231. The minimum absolute atomic E-state index is 0.231. The summed E-state index contributed by atoms with van der Waals surface area (Å²) < 4.78 is 7.32. The molecule has 3 aromatic rings. The topological polar surface area (TPSA) is 108 Å². The van der Waals surface area contributed by atoms with Crippen molar-refractivity contribution in [3.63, 3.8) is 0 Å². The van der Waals surface area contributed by atoms with E-state index in [-0.39, 0.29) is 12.5 Å². The molecule has 26 heavy (non-hydrogen) atoms. The van der Waals surface area contributed by atoms with Crippen LogP contribution in [0, 0.1) is 0 Å². The van der Waals surface area contributed by atoms with Crippen molar-refractivity contribution in [2.75, 3.05) is 5.32 Å². The number of rotatable bonds is 8. The molecule has 136 valence electrons. The van der Waals surface area contributed by atoms with E-state index in [1.54, 1.807) is 28.9 Å². The molecule has 0 aliphatic heterocycles. The number of nitrogens with one attached hydrogen (secondary N) is 1. The van der Waals surface area contributed by atoms with Crippen LogP contribution in [0.5, 0.6) is 5.75 Å². The quantitative estimate of drug-likeness (QED) is 0.645. The molecule has 1 N–H and O–H groups in total. The lowest BCUT2D eigenvalue weighted by Gasteiger charge is -2.07. The highest BCUT2D eigenvalue weighted by atomic mass is 32.1. The maximum atomic E-state index is 12.3. The summed E-state index contributed by atoms with van der Waals surface area (Å²) in [6.07, 6.45) is 1.86. The summed E-state index contributed by atoms with van der Waals surface area (Å²) >= 11 is 1.39.